The van der Waals surface area contributed by atoms with Crippen LogP contribution in [0.25, 0.3) is 0 Å². The van der Waals surface area contributed by atoms with E-state index in [1.807, 2.05) is 0 Å². The van der Waals surface area contributed by atoms with Crippen LogP contribution >= 0.6 is 0 Å². The van der Waals surface area contributed by atoms with Crippen molar-refractivity contribution in [2.24, 2.45) is 0 Å². The second-order valence-electron chi connectivity index (χ2n) is 8.13. The first-order valence-corrected chi connectivity index (χ1v) is 13.0. The van der Waals surface area contributed by atoms with Gasteiger partial charge in [0.15, 0.2) is 0 Å². The number of aliphatic hydroxyl groups excluding tert-OH is 1. The van der Waals surface area contributed by atoms with E-state index in [0.717, 1.165) is 32.1 Å². The van der Waals surface area contributed by atoms with Crippen molar-refractivity contribution < 1.29 is 47.6 Å². The molecular weight excluding hydrogens is 383 g/mol. The third kappa shape index (κ3) is 18.9. The summed E-state index contributed by atoms with van der Waals surface area (Å²) in [6.07, 6.45) is 18.4. The van der Waals surface area contributed by atoms with Crippen molar-refractivity contribution in [1.29, 1.82) is 0 Å². The van der Waals surface area contributed by atoms with Crippen molar-refractivity contribution in [3.63, 3.8) is 0 Å². The van der Waals surface area contributed by atoms with Gasteiger partial charge in [0.25, 0.3) is 0 Å². The molecule has 164 valence electrons. The van der Waals surface area contributed by atoms with E-state index in [1.54, 1.807) is 0 Å². The van der Waals surface area contributed by atoms with Crippen molar-refractivity contribution in [1.82, 2.24) is 0 Å². The molecule has 0 radical (unpaired) electrons. The Bertz CT molecular complexity index is 415. The van der Waals surface area contributed by atoms with Crippen molar-refractivity contribution in [3.05, 3.63) is 0 Å². The smallest absolute Gasteiger partial charge is 0.748 e. The van der Waals surface area contributed by atoms with Crippen LogP contribution in [-0.4, -0.2) is 29.4 Å². The molecule has 28 heavy (non-hydrogen) atoms. The Hall–Kier alpha value is 0.870. The fourth-order valence-electron chi connectivity index (χ4n) is 3.68. The van der Waals surface area contributed by atoms with Gasteiger partial charge in [-0.3, -0.25) is 0 Å². The Morgan fingerprint density at radius 3 is 1.36 bits per heavy atom. The summed E-state index contributed by atoms with van der Waals surface area (Å²) in [4.78, 5) is 0. The van der Waals surface area contributed by atoms with Crippen molar-refractivity contribution in [3.8, 4) is 0 Å². The van der Waals surface area contributed by atoms with Gasteiger partial charge in [-0.05, 0) is 12.8 Å². The largest absolute Gasteiger partial charge is 1.00 e. The zero-order valence-corrected chi connectivity index (χ0v) is 21.8. The normalized spacial score (nSPS) is 13.9. The monoisotopic (exact) mass is 428 g/mol. The molecule has 0 aromatic carbocycles. The van der Waals surface area contributed by atoms with Crippen molar-refractivity contribution in [2.45, 2.75) is 141 Å². The van der Waals surface area contributed by atoms with Gasteiger partial charge in [0.05, 0.1) is 11.4 Å². The predicted octanol–water partition coefficient (Wildman–Crippen LogP) is 3.33. The molecule has 0 fully saturated rings. The second kappa shape index (κ2) is 21.1. The first-order valence-electron chi connectivity index (χ1n) is 11.6. The maximum atomic E-state index is 11.4. The van der Waals surface area contributed by atoms with Gasteiger partial charge in [0.2, 0.25) is 0 Å². The van der Waals surface area contributed by atoms with Gasteiger partial charge in [0, 0.05) is 0 Å². The Morgan fingerprint density at radius 2 is 0.964 bits per heavy atom. The molecule has 0 saturated carbocycles. The second-order valence-corrected chi connectivity index (χ2v) is 9.72. The summed E-state index contributed by atoms with van der Waals surface area (Å²) in [7, 11) is -4.42. The molecule has 2 unspecified atom stereocenters. The van der Waals surface area contributed by atoms with Crippen LogP contribution in [0.5, 0.6) is 0 Å². The van der Waals surface area contributed by atoms with Crippen LogP contribution in [0.4, 0.5) is 0 Å². The number of hydrogen-bond acceptors (Lipinski definition) is 4. The van der Waals surface area contributed by atoms with Gasteiger partial charge in [-0.15, -0.1) is 0 Å². The molecule has 0 aliphatic rings. The number of unbranched alkanes of at least 4 members (excludes halogenated alkanes) is 14. The molecule has 0 amide bonds. The van der Waals surface area contributed by atoms with Gasteiger partial charge in [-0.25, -0.2) is 8.42 Å². The Morgan fingerprint density at radius 1 is 0.643 bits per heavy atom. The van der Waals surface area contributed by atoms with E-state index in [2.05, 4.69) is 13.8 Å². The summed E-state index contributed by atoms with van der Waals surface area (Å²) < 4.78 is 34.3. The summed E-state index contributed by atoms with van der Waals surface area (Å²) in [6, 6.07) is 0. The predicted molar refractivity (Wildman–Crippen MR) is 114 cm³/mol. The van der Waals surface area contributed by atoms with E-state index in [4.69, 9.17) is 0 Å². The maximum absolute atomic E-state index is 11.4. The average molecular weight is 429 g/mol. The fraction of sp³-hybridized carbons (Fsp3) is 1.00. The van der Waals surface area contributed by atoms with Crippen LogP contribution < -0.4 is 29.6 Å². The number of hydrogen-bond donors (Lipinski definition) is 1. The molecule has 1 N–H and O–H groups in total. The quantitative estimate of drug-likeness (QED) is 0.183. The van der Waals surface area contributed by atoms with Gasteiger partial charge in [0.1, 0.15) is 10.1 Å². The molecule has 0 saturated heterocycles. The zero-order valence-electron chi connectivity index (χ0n) is 19.0. The molecule has 4 nitrogen and oxygen atoms in total. The van der Waals surface area contributed by atoms with Crippen LogP contribution in [0, 0.1) is 0 Å². The van der Waals surface area contributed by atoms with Crippen LogP contribution in [0.2, 0.25) is 0 Å². The SMILES string of the molecule is CCCCCCCCCCCCCCCC(C(O)CCCCC)S(=O)(=O)[O-].[Na+]. The summed E-state index contributed by atoms with van der Waals surface area (Å²) in [5.41, 5.74) is 0. The zero-order chi connectivity index (χ0) is 20.4. The molecule has 0 aromatic rings. The third-order valence-electron chi connectivity index (χ3n) is 5.50. The minimum atomic E-state index is -4.42. The van der Waals surface area contributed by atoms with E-state index >= 15 is 0 Å². The standard InChI is InChI=1S/C22H46O4S.Na/c1-3-5-7-8-9-10-11-12-13-14-15-16-18-20-22(27(24,25)26)21(23)19-17-6-4-2;/h21-23H,3-20H2,1-2H3,(H,24,25,26);/q;+1/p-1. The first-order chi connectivity index (χ1) is 12.9. The summed E-state index contributed by atoms with van der Waals surface area (Å²) in [5, 5.41) is 8.96. The summed E-state index contributed by atoms with van der Waals surface area (Å²) in [5.74, 6) is 0. The maximum Gasteiger partial charge on any atom is 1.00 e. The minimum Gasteiger partial charge on any atom is -0.748 e. The molecule has 2 atom stereocenters. The minimum absolute atomic E-state index is 0. The van der Waals surface area contributed by atoms with E-state index in [1.165, 1.54) is 64.2 Å². The van der Waals surface area contributed by atoms with Crippen LogP contribution in [-0.2, 0) is 10.1 Å². The topological polar surface area (TPSA) is 77.4 Å². The van der Waals surface area contributed by atoms with Crippen LogP contribution in [0.3, 0.4) is 0 Å². The molecule has 6 heteroatoms. The Labute approximate surface area is 197 Å². The van der Waals surface area contributed by atoms with Crippen LogP contribution in [0.1, 0.15) is 129 Å². The van der Waals surface area contributed by atoms with Crippen molar-refractivity contribution in [2.75, 3.05) is 0 Å². The average Bonchev–Trinajstić information content (AvgIpc) is 2.61. The summed E-state index contributed by atoms with van der Waals surface area (Å²) in [6.45, 7) is 4.30. The van der Waals surface area contributed by atoms with E-state index in [0.29, 0.717) is 19.3 Å². The van der Waals surface area contributed by atoms with E-state index in [9.17, 15) is 18.1 Å². The number of rotatable bonds is 20. The molecule has 0 rings (SSSR count). The first kappa shape index (κ1) is 31.1. The van der Waals surface area contributed by atoms with Crippen molar-refractivity contribution >= 4 is 10.1 Å². The molecule has 0 heterocycles. The molecule has 0 spiro atoms. The van der Waals surface area contributed by atoms with E-state index < -0.39 is 21.5 Å². The fourth-order valence-corrected chi connectivity index (χ4v) is 4.66. The van der Waals surface area contributed by atoms with E-state index in [-0.39, 0.29) is 29.6 Å². The molecule has 0 aromatic heterocycles. The summed E-state index contributed by atoms with van der Waals surface area (Å²) >= 11 is 0. The molecule has 0 bridgehead atoms. The molecular formula is C22H45NaO4S. The van der Waals surface area contributed by atoms with Gasteiger partial charge in [-0.1, -0.05) is 117 Å². The molecule has 0 aliphatic carbocycles. The van der Waals surface area contributed by atoms with Crippen LogP contribution in [0.15, 0.2) is 0 Å². The number of aliphatic hydroxyl groups is 1. The third-order valence-corrected chi connectivity index (χ3v) is 6.79. The van der Waals surface area contributed by atoms with Gasteiger partial charge < -0.3 is 9.66 Å². The molecule has 0 aliphatic heterocycles. The van der Waals surface area contributed by atoms with Gasteiger partial charge >= 0.3 is 29.6 Å². The van der Waals surface area contributed by atoms with Gasteiger partial charge in [-0.2, -0.15) is 0 Å². The Kier molecular flexibility index (Phi) is 23.4. The Balaban J connectivity index is 0.